The number of aliphatic hydroxyl groups is 1. The number of rotatable bonds is 73. The van der Waals surface area contributed by atoms with Gasteiger partial charge in [-0.25, -0.2) is 9.13 Å². The first-order chi connectivity index (χ1) is 50.7. The van der Waals surface area contributed by atoms with Crippen LogP contribution in [-0.2, 0) is 65.4 Å². The van der Waals surface area contributed by atoms with Crippen LogP contribution in [0.1, 0.15) is 297 Å². The first-order valence-corrected chi connectivity index (χ1v) is 42.7. The van der Waals surface area contributed by atoms with Crippen molar-refractivity contribution in [2.45, 2.75) is 316 Å². The lowest BCUT2D eigenvalue weighted by atomic mass is 10.1. The number of allylic oxidation sites excluding steroid dienone is 26. The molecular weight excluding hydrogens is 1350 g/mol. The molecule has 592 valence electrons. The molecule has 3 N–H and O–H groups in total. The highest BCUT2D eigenvalue weighted by molar-refractivity contribution is 7.47. The molecule has 0 rings (SSSR count). The fraction of sp³-hybridized carbons (Fsp3) is 0.647. The van der Waals surface area contributed by atoms with Gasteiger partial charge in [0.1, 0.15) is 19.3 Å². The Kier molecular flexibility index (Phi) is 72.0. The summed E-state index contributed by atoms with van der Waals surface area (Å²) in [6, 6.07) is 0. The summed E-state index contributed by atoms with van der Waals surface area (Å²) in [7, 11) is -10.0. The van der Waals surface area contributed by atoms with Gasteiger partial charge >= 0.3 is 39.5 Å². The molecule has 0 aromatic carbocycles. The van der Waals surface area contributed by atoms with Gasteiger partial charge in [-0.15, -0.1) is 0 Å². The molecule has 0 heterocycles. The van der Waals surface area contributed by atoms with Gasteiger partial charge in [-0.05, 0) is 161 Å². The van der Waals surface area contributed by atoms with Crippen LogP contribution in [0.15, 0.2) is 158 Å². The van der Waals surface area contributed by atoms with Gasteiger partial charge in [0.2, 0.25) is 0 Å². The lowest BCUT2D eigenvalue weighted by Gasteiger charge is -2.21. The van der Waals surface area contributed by atoms with Gasteiger partial charge < -0.3 is 33.8 Å². The highest BCUT2D eigenvalue weighted by Crippen LogP contribution is 2.45. The van der Waals surface area contributed by atoms with E-state index in [4.69, 9.17) is 37.0 Å². The van der Waals surface area contributed by atoms with Crippen molar-refractivity contribution < 1.29 is 80.2 Å². The van der Waals surface area contributed by atoms with Crippen molar-refractivity contribution in [1.82, 2.24) is 0 Å². The first kappa shape index (κ1) is 98.7. The zero-order valence-electron chi connectivity index (χ0n) is 64.6. The maximum Gasteiger partial charge on any atom is 0.472 e. The number of esters is 4. The van der Waals surface area contributed by atoms with Crippen LogP contribution in [0.3, 0.4) is 0 Å². The van der Waals surface area contributed by atoms with E-state index in [1.807, 2.05) is 18.2 Å². The summed E-state index contributed by atoms with van der Waals surface area (Å²) in [4.78, 5) is 72.9. The van der Waals surface area contributed by atoms with Crippen molar-refractivity contribution in [2.75, 3.05) is 39.6 Å². The van der Waals surface area contributed by atoms with Gasteiger partial charge in [0.25, 0.3) is 0 Å². The summed E-state index contributed by atoms with van der Waals surface area (Å²) in [5, 5.41) is 10.6. The van der Waals surface area contributed by atoms with E-state index in [1.165, 1.54) is 51.4 Å². The van der Waals surface area contributed by atoms with Crippen LogP contribution in [-0.4, -0.2) is 96.7 Å². The molecule has 19 heteroatoms. The normalized spacial score (nSPS) is 14.7. The van der Waals surface area contributed by atoms with Crippen LogP contribution in [0.4, 0.5) is 0 Å². The smallest absolute Gasteiger partial charge is 0.462 e. The molecule has 0 aromatic rings. The number of phosphoric acid groups is 2. The molecule has 0 saturated carbocycles. The van der Waals surface area contributed by atoms with Crippen LogP contribution >= 0.6 is 15.6 Å². The summed E-state index contributed by atoms with van der Waals surface area (Å²) in [6.45, 7) is 4.46. The molecule has 17 nitrogen and oxygen atoms in total. The summed E-state index contributed by atoms with van der Waals surface area (Å²) >= 11 is 0. The number of carbonyl (C=O) groups excluding carboxylic acids is 4. The Hall–Kier alpha value is -5.32. The summed E-state index contributed by atoms with van der Waals surface area (Å²) < 4.78 is 68.4. The number of hydrogen-bond acceptors (Lipinski definition) is 15. The summed E-state index contributed by atoms with van der Waals surface area (Å²) in [5.74, 6) is -2.34. The molecule has 0 bridgehead atoms. The minimum atomic E-state index is -5.00. The Morgan fingerprint density at radius 1 is 0.279 bits per heavy atom. The molecule has 2 unspecified atom stereocenters. The Bertz CT molecular complexity index is 2590. The standard InChI is InChI=1S/C85H140O17P2/c1-5-9-13-17-21-25-29-33-35-37-39-41-43-47-50-54-58-62-66-70-83(88)96-76-80(101-84(89)71-67-63-59-55-51-46-32-28-24-20-16-12-8-4)77-99-103(91,92)97-73-79(86)74-98-104(93,94)100-78-81(75-95-82(87)69-65-61-57-53-49-45-31-27-23-19-15-11-7-3)102-85(90)72-68-64-60-56-52-48-44-42-40-38-36-34-30-26-22-18-14-10-6-2/h9-10,13-14,21-22,25-28,31-36,39-42,47-48,50,52,58,62,79-81,86H,5-8,11-12,15-20,23-24,29-30,37-38,43-46,49,51,53-57,59-61,63-78H2,1-4H3,(H,91,92)(H,93,94)/b13-9-,14-10-,25-21-,26-22-,31-27-,32-28-,35-33-,36-34-,41-39-,42-40-,50-47-,52-48-,62-58-/t79-,80-,81-/m1/s1. The minimum absolute atomic E-state index is 0.0297. The van der Waals surface area contributed by atoms with E-state index in [-0.39, 0.29) is 25.7 Å². The van der Waals surface area contributed by atoms with E-state index < -0.39 is 97.5 Å². The van der Waals surface area contributed by atoms with Gasteiger partial charge in [-0.1, -0.05) is 269 Å². The second kappa shape index (κ2) is 75.9. The highest BCUT2D eigenvalue weighted by Gasteiger charge is 2.30. The molecule has 5 atom stereocenters. The third kappa shape index (κ3) is 74.9. The molecule has 104 heavy (non-hydrogen) atoms. The van der Waals surface area contributed by atoms with Crippen molar-refractivity contribution in [2.24, 2.45) is 0 Å². The molecular formula is C85H140O17P2. The van der Waals surface area contributed by atoms with Crippen LogP contribution < -0.4 is 0 Å². The summed E-state index contributed by atoms with van der Waals surface area (Å²) in [5.41, 5.74) is 0. The van der Waals surface area contributed by atoms with E-state index >= 15 is 0 Å². The Morgan fingerprint density at radius 2 is 0.519 bits per heavy atom. The number of hydrogen-bond donors (Lipinski definition) is 3. The van der Waals surface area contributed by atoms with E-state index in [9.17, 15) is 43.2 Å². The predicted molar refractivity (Wildman–Crippen MR) is 427 cm³/mol. The van der Waals surface area contributed by atoms with Crippen molar-refractivity contribution in [3.05, 3.63) is 158 Å². The van der Waals surface area contributed by atoms with Crippen LogP contribution in [0.25, 0.3) is 0 Å². The van der Waals surface area contributed by atoms with Gasteiger partial charge in [-0.2, -0.15) is 0 Å². The van der Waals surface area contributed by atoms with Crippen LogP contribution in [0.2, 0.25) is 0 Å². The average Bonchev–Trinajstić information content (AvgIpc) is 0.926. The number of carbonyl (C=O) groups is 4. The van der Waals surface area contributed by atoms with Crippen molar-refractivity contribution in [3.63, 3.8) is 0 Å². The third-order valence-electron chi connectivity index (χ3n) is 16.0. The zero-order chi connectivity index (χ0) is 76.0. The molecule has 0 aromatic heterocycles. The number of ether oxygens (including phenoxy) is 4. The average molecular weight is 1500 g/mol. The monoisotopic (exact) mass is 1490 g/mol. The molecule has 0 aliphatic heterocycles. The predicted octanol–water partition coefficient (Wildman–Crippen LogP) is 23.2. The quantitative estimate of drug-likeness (QED) is 0.0169. The van der Waals surface area contributed by atoms with Gasteiger partial charge in [0.15, 0.2) is 12.2 Å². The fourth-order valence-electron chi connectivity index (χ4n) is 9.97. The number of phosphoric ester groups is 2. The van der Waals surface area contributed by atoms with Crippen molar-refractivity contribution in [3.8, 4) is 0 Å². The second-order valence-corrected chi connectivity index (χ2v) is 28.8. The topological polar surface area (TPSA) is 237 Å². The van der Waals surface area contributed by atoms with Gasteiger partial charge in [0.05, 0.1) is 26.4 Å². The fourth-order valence-corrected chi connectivity index (χ4v) is 11.5. The zero-order valence-corrected chi connectivity index (χ0v) is 66.4. The second-order valence-electron chi connectivity index (χ2n) is 25.9. The first-order valence-electron chi connectivity index (χ1n) is 39.7. The van der Waals surface area contributed by atoms with Crippen molar-refractivity contribution >= 4 is 39.5 Å². The molecule has 0 radical (unpaired) electrons. The lowest BCUT2D eigenvalue weighted by Crippen LogP contribution is -2.30. The minimum Gasteiger partial charge on any atom is -0.462 e. The van der Waals surface area contributed by atoms with E-state index in [0.29, 0.717) is 32.1 Å². The number of aliphatic hydroxyl groups excluding tert-OH is 1. The molecule has 0 amide bonds. The molecule has 0 aliphatic carbocycles. The van der Waals surface area contributed by atoms with E-state index in [2.05, 4.69) is 167 Å². The number of unbranched alkanes of at least 4 members (excludes halogenated alkanes) is 21. The van der Waals surface area contributed by atoms with Crippen LogP contribution in [0.5, 0.6) is 0 Å². The molecule has 0 fully saturated rings. The Labute approximate surface area is 629 Å². The highest BCUT2D eigenvalue weighted by atomic mass is 31.2. The van der Waals surface area contributed by atoms with E-state index in [0.717, 1.165) is 161 Å². The van der Waals surface area contributed by atoms with Crippen LogP contribution in [0, 0.1) is 0 Å². The lowest BCUT2D eigenvalue weighted by molar-refractivity contribution is -0.161. The third-order valence-corrected chi connectivity index (χ3v) is 17.9. The molecule has 0 aliphatic rings. The summed E-state index contributed by atoms with van der Waals surface area (Å²) in [6.07, 6.45) is 88.1. The maximum absolute atomic E-state index is 13.1. The Morgan fingerprint density at radius 3 is 0.846 bits per heavy atom. The largest absolute Gasteiger partial charge is 0.472 e. The SMILES string of the molecule is CC/C=C\C/C=C\C/C=C\C/C=C\C/C=C\C/C=C\CCC(=O)OC[C@H](COP(=O)(O)OC[C@@H](O)COP(=O)(O)OC[C@@H](COC(=O)CCCCCCC/C=C\CCCCCC)OC(=O)CCCCC/C=C\C/C=C\C/C=C\C/C=C\C/C=C\CC)OC(=O)CCCCCCC/C=C\CCCCCC. The van der Waals surface area contributed by atoms with E-state index in [1.54, 1.807) is 0 Å². The van der Waals surface area contributed by atoms with Gasteiger partial charge in [0, 0.05) is 25.7 Å². The van der Waals surface area contributed by atoms with Crippen molar-refractivity contribution in [1.29, 1.82) is 0 Å². The Balaban J connectivity index is 5.46. The maximum atomic E-state index is 13.1. The molecule has 0 spiro atoms. The van der Waals surface area contributed by atoms with Gasteiger partial charge in [-0.3, -0.25) is 37.3 Å². The molecule has 0 saturated heterocycles.